The highest BCUT2D eigenvalue weighted by Crippen LogP contribution is 2.28. The molecule has 0 saturated carbocycles. The Kier molecular flexibility index (Phi) is 7.74. The first-order chi connectivity index (χ1) is 11.1. The highest BCUT2D eigenvalue weighted by Gasteiger charge is 2.50. The molecule has 0 radical (unpaired) electrons. The molecule has 1 fully saturated rings. The van der Waals surface area contributed by atoms with Gasteiger partial charge >= 0.3 is 15.5 Å². The van der Waals surface area contributed by atoms with Gasteiger partial charge in [0.2, 0.25) is 0 Å². The van der Waals surface area contributed by atoms with E-state index in [-0.39, 0.29) is 44.5 Å². The maximum Gasteiger partial charge on any atom is 0.511 e. The molecule has 1 saturated heterocycles. The summed E-state index contributed by atoms with van der Waals surface area (Å²) in [5, 5.41) is 15.1. The van der Waals surface area contributed by atoms with Gasteiger partial charge in [-0.15, -0.1) is 0 Å². The van der Waals surface area contributed by atoms with Crippen molar-refractivity contribution in [2.75, 3.05) is 32.8 Å². The molecule has 1 aliphatic rings. The Morgan fingerprint density at radius 2 is 1.96 bits per heavy atom. The van der Waals surface area contributed by atoms with Crippen LogP contribution in [-0.4, -0.2) is 68.1 Å². The van der Waals surface area contributed by atoms with Crippen molar-refractivity contribution in [1.82, 2.24) is 14.9 Å². The monoisotopic (exact) mass is 374 g/mol. The second-order valence-electron chi connectivity index (χ2n) is 5.78. The third-order valence-corrected chi connectivity index (χ3v) is 5.27. The van der Waals surface area contributed by atoms with Crippen LogP contribution in [0.1, 0.15) is 26.7 Å². The topological polar surface area (TPSA) is 94.0 Å². The summed E-state index contributed by atoms with van der Waals surface area (Å²) in [5.41, 5.74) is -5.26. The highest BCUT2D eigenvalue weighted by molar-refractivity contribution is 7.90. The number of aliphatic hydroxyl groups excluding tert-OH is 1. The Morgan fingerprint density at radius 3 is 2.42 bits per heavy atom. The summed E-state index contributed by atoms with van der Waals surface area (Å²) in [7, 11) is -5.25. The van der Waals surface area contributed by atoms with Crippen LogP contribution in [0.4, 0.5) is 13.2 Å². The van der Waals surface area contributed by atoms with Gasteiger partial charge in [-0.05, 0) is 25.7 Å². The Morgan fingerprint density at radius 1 is 1.38 bits per heavy atom. The molecular formula is C13H25F3N4O3S. The molecule has 1 rings (SSSR count). The lowest BCUT2D eigenvalue weighted by Gasteiger charge is -2.32. The number of nitrogens with one attached hydrogen (secondary N) is 2. The van der Waals surface area contributed by atoms with E-state index >= 15 is 0 Å². The van der Waals surface area contributed by atoms with Gasteiger partial charge in [0.15, 0.2) is 5.96 Å². The second-order valence-corrected chi connectivity index (χ2v) is 7.71. The van der Waals surface area contributed by atoms with Gasteiger partial charge in [0.1, 0.15) is 0 Å². The lowest BCUT2D eigenvalue weighted by molar-refractivity contribution is -0.0494. The molecular weight excluding hydrogens is 349 g/mol. The van der Waals surface area contributed by atoms with Crippen molar-refractivity contribution in [2.45, 2.75) is 38.2 Å². The largest absolute Gasteiger partial charge is 0.511 e. The third-order valence-electron chi connectivity index (χ3n) is 3.64. The molecule has 0 spiro atoms. The molecule has 0 bridgehead atoms. The molecule has 1 aliphatic heterocycles. The predicted molar refractivity (Wildman–Crippen MR) is 84.9 cm³/mol. The number of aliphatic imine (C=N–C) groups is 1. The van der Waals surface area contributed by atoms with Crippen LogP contribution in [0.25, 0.3) is 0 Å². The molecule has 0 aliphatic carbocycles. The second kappa shape index (κ2) is 8.86. The van der Waals surface area contributed by atoms with Crippen molar-refractivity contribution in [3.05, 3.63) is 0 Å². The van der Waals surface area contributed by atoms with Crippen LogP contribution in [0.15, 0.2) is 4.99 Å². The molecule has 11 heteroatoms. The SMILES string of the molecule is CCNC(=NCC(C)CO)NC1CCN(S(=O)(=O)C(F)(F)F)CC1. The van der Waals surface area contributed by atoms with Gasteiger partial charge in [0.25, 0.3) is 0 Å². The summed E-state index contributed by atoms with van der Waals surface area (Å²) < 4.78 is 60.8. The number of hydrogen-bond donors (Lipinski definition) is 3. The van der Waals surface area contributed by atoms with Gasteiger partial charge in [-0.3, -0.25) is 4.99 Å². The lowest BCUT2D eigenvalue weighted by Crippen LogP contribution is -2.51. The van der Waals surface area contributed by atoms with Gasteiger partial charge in [-0.2, -0.15) is 17.5 Å². The van der Waals surface area contributed by atoms with Gasteiger partial charge < -0.3 is 15.7 Å². The predicted octanol–water partition coefficient (Wildman–Crippen LogP) is 0.484. The van der Waals surface area contributed by atoms with E-state index in [1.54, 1.807) is 0 Å². The van der Waals surface area contributed by atoms with Crippen molar-refractivity contribution in [3.63, 3.8) is 0 Å². The fourth-order valence-corrected chi connectivity index (χ4v) is 3.19. The van der Waals surface area contributed by atoms with E-state index in [4.69, 9.17) is 5.11 Å². The van der Waals surface area contributed by atoms with Crippen LogP contribution in [0.5, 0.6) is 0 Å². The van der Waals surface area contributed by atoms with Crippen LogP contribution >= 0.6 is 0 Å². The third kappa shape index (κ3) is 5.78. The minimum Gasteiger partial charge on any atom is -0.396 e. The van der Waals surface area contributed by atoms with E-state index in [2.05, 4.69) is 15.6 Å². The van der Waals surface area contributed by atoms with Crippen molar-refractivity contribution in [2.24, 2.45) is 10.9 Å². The smallest absolute Gasteiger partial charge is 0.396 e. The molecule has 1 heterocycles. The van der Waals surface area contributed by atoms with E-state index in [9.17, 15) is 21.6 Å². The summed E-state index contributed by atoms with van der Waals surface area (Å²) in [4.78, 5) is 4.31. The maximum absolute atomic E-state index is 12.5. The van der Waals surface area contributed by atoms with Crippen LogP contribution in [-0.2, 0) is 10.0 Å². The molecule has 7 nitrogen and oxygen atoms in total. The molecule has 0 aromatic carbocycles. The van der Waals surface area contributed by atoms with Crippen LogP contribution < -0.4 is 10.6 Å². The number of guanidine groups is 1. The Hall–Kier alpha value is -1.07. The van der Waals surface area contributed by atoms with Crippen molar-refractivity contribution < 1.29 is 26.7 Å². The molecule has 0 amide bonds. The van der Waals surface area contributed by atoms with E-state index in [0.29, 0.717) is 23.4 Å². The summed E-state index contributed by atoms with van der Waals surface area (Å²) >= 11 is 0. The van der Waals surface area contributed by atoms with Crippen LogP contribution in [0.3, 0.4) is 0 Å². The van der Waals surface area contributed by atoms with Gasteiger partial charge in [-0.25, -0.2) is 8.42 Å². The highest BCUT2D eigenvalue weighted by atomic mass is 32.2. The lowest BCUT2D eigenvalue weighted by atomic mass is 10.1. The first kappa shape index (κ1) is 21.0. The number of piperidine rings is 1. The fourth-order valence-electron chi connectivity index (χ4n) is 2.21. The van der Waals surface area contributed by atoms with E-state index in [0.717, 1.165) is 0 Å². The Labute approximate surface area is 140 Å². The first-order valence-electron chi connectivity index (χ1n) is 7.84. The standard InChI is InChI=1S/C13H25F3N4O3S/c1-3-17-12(18-8-10(2)9-21)19-11-4-6-20(7-5-11)24(22,23)13(14,15)16/h10-11,21H,3-9H2,1-2H3,(H2,17,18,19). The molecule has 1 unspecified atom stereocenters. The fraction of sp³-hybridized carbons (Fsp3) is 0.923. The normalized spacial score (nSPS) is 20.0. The number of hydrogen-bond acceptors (Lipinski definition) is 4. The van der Waals surface area contributed by atoms with Crippen LogP contribution in [0.2, 0.25) is 0 Å². The number of nitrogens with zero attached hydrogens (tertiary/aromatic N) is 2. The zero-order valence-electron chi connectivity index (χ0n) is 13.8. The van der Waals surface area contributed by atoms with Crippen molar-refractivity contribution in [1.29, 1.82) is 0 Å². The molecule has 142 valence electrons. The quantitative estimate of drug-likeness (QED) is 0.465. The first-order valence-corrected chi connectivity index (χ1v) is 9.28. The van der Waals surface area contributed by atoms with Crippen molar-refractivity contribution >= 4 is 16.0 Å². The Bertz CT molecular complexity index is 517. The van der Waals surface area contributed by atoms with Crippen molar-refractivity contribution in [3.8, 4) is 0 Å². The average molecular weight is 374 g/mol. The number of rotatable bonds is 6. The minimum atomic E-state index is -5.26. The number of halogens is 3. The van der Waals surface area contributed by atoms with Crippen LogP contribution in [0, 0.1) is 5.92 Å². The van der Waals surface area contributed by atoms with Gasteiger partial charge in [0.05, 0.1) is 0 Å². The molecule has 3 N–H and O–H groups in total. The Balaban J connectivity index is 2.60. The van der Waals surface area contributed by atoms with Gasteiger partial charge in [-0.1, -0.05) is 6.92 Å². The van der Waals surface area contributed by atoms with E-state index in [1.807, 2.05) is 13.8 Å². The molecule has 24 heavy (non-hydrogen) atoms. The maximum atomic E-state index is 12.5. The zero-order valence-corrected chi connectivity index (χ0v) is 14.6. The summed E-state index contributed by atoms with van der Waals surface area (Å²) in [6.45, 7) is 4.38. The average Bonchev–Trinajstić information content (AvgIpc) is 2.52. The zero-order chi connectivity index (χ0) is 18.4. The number of aliphatic hydroxyl groups is 1. The van der Waals surface area contributed by atoms with E-state index < -0.39 is 15.5 Å². The van der Waals surface area contributed by atoms with E-state index in [1.165, 1.54) is 0 Å². The summed E-state index contributed by atoms with van der Waals surface area (Å²) in [6.07, 6.45) is 0.518. The number of alkyl halides is 3. The summed E-state index contributed by atoms with van der Waals surface area (Å²) in [6, 6.07) is -0.160. The molecule has 0 aromatic rings. The van der Waals surface area contributed by atoms with Gasteiger partial charge in [0, 0.05) is 38.8 Å². The summed E-state index contributed by atoms with van der Waals surface area (Å²) in [5.74, 6) is 0.508. The molecule has 0 aromatic heterocycles. The minimum absolute atomic E-state index is 0.000711. The molecule has 1 atom stereocenters. The number of sulfonamides is 1.